The molecular formula is C25H32N+. The third-order valence-corrected chi connectivity index (χ3v) is 6.03. The molecule has 0 aliphatic carbocycles. The van der Waals surface area contributed by atoms with Crippen molar-refractivity contribution in [1.82, 2.24) is 0 Å². The van der Waals surface area contributed by atoms with Crippen molar-refractivity contribution in [2.45, 2.75) is 60.8 Å². The molecule has 0 N–H and O–H groups in total. The third kappa shape index (κ3) is 3.05. The van der Waals surface area contributed by atoms with Gasteiger partial charge in [-0.1, -0.05) is 31.5 Å². The van der Waals surface area contributed by atoms with Crippen molar-refractivity contribution in [3.8, 4) is 11.3 Å². The SMILES string of the molecule is [2H]c1c(C)[n+](C)c(-c2cc(C)cc(C)c2C)c2cc(C)c(C(C)CC)cc12. The molecule has 0 aliphatic heterocycles. The Morgan fingerprint density at radius 2 is 1.69 bits per heavy atom. The van der Waals surface area contributed by atoms with E-state index >= 15 is 0 Å². The van der Waals surface area contributed by atoms with Crippen LogP contribution in [0.15, 0.2) is 30.3 Å². The van der Waals surface area contributed by atoms with Crippen LogP contribution in [0.25, 0.3) is 22.0 Å². The summed E-state index contributed by atoms with van der Waals surface area (Å²) in [6.45, 7) is 15.3. The van der Waals surface area contributed by atoms with Crippen molar-refractivity contribution >= 4 is 10.8 Å². The molecule has 2 aromatic carbocycles. The number of pyridine rings is 1. The zero-order valence-electron chi connectivity index (χ0n) is 18.5. The van der Waals surface area contributed by atoms with Crippen molar-refractivity contribution in [1.29, 1.82) is 0 Å². The number of fused-ring (bicyclic) bond motifs is 1. The molecule has 0 bridgehead atoms. The molecule has 136 valence electrons. The van der Waals surface area contributed by atoms with E-state index in [-0.39, 0.29) is 0 Å². The number of hydrogen-bond acceptors (Lipinski definition) is 0. The van der Waals surface area contributed by atoms with Gasteiger partial charge in [-0.3, -0.25) is 0 Å². The summed E-state index contributed by atoms with van der Waals surface area (Å²) in [6.07, 6.45) is 1.11. The Morgan fingerprint density at radius 3 is 2.35 bits per heavy atom. The highest BCUT2D eigenvalue weighted by atomic mass is 14.9. The second-order valence-electron chi connectivity index (χ2n) is 7.94. The molecule has 0 spiro atoms. The maximum atomic E-state index is 8.77. The monoisotopic (exact) mass is 347 g/mol. The van der Waals surface area contributed by atoms with E-state index in [1.807, 2.05) is 0 Å². The molecule has 1 nitrogen and oxygen atoms in total. The summed E-state index contributed by atoms with van der Waals surface area (Å²) in [5, 5.41) is 2.26. The normalized spacial score (nSPS) is 13.2. The molecule has 0 fully saturated rings. The Balaban J connectivity index is 2.49. The molecule has 0 amide bonds. The largest absolute Gasteiger partial charge is 0.220 e. The Hall–Kier alpha value is -2.15. The number of benzene rings is 2. The minimum atomic E-state index is 0.509. The minimum Gasteiger partial charge on any atom is -0.198 e. The lowest BCUT2D eigenvalue weighted by molar-refractivity contribution is -0.665. The van der Waals surface area contributed by atoms with Crippen molar-refractivity contribution < 1.29 is 5.94 Å². The summed E-state index contributed by atoms with van der Waals surface area (Å²) in [6, 6.07) is 9.76. The minimum absolute atomic E-state index is 0.509. The zero-order valence-corrected chi connectivity index (χ0v) is 17.5. The highest BCUT2D eigenvalue weighted by Crippen LogP contribution is 2.34. The molecule has 3 rings (SSSR count). The molecule has 1 unspecified atom stereocenters. The average molecular weight is 348 g/mol. The zero-order chi connectivity index (χ0) is 20.0. The maximum Gasteiger partial charge on any atom is 0.220 e. The first-order valence-electron chi connectivity index (χ1n) is 10.2. The van der Waals surface area contributed by atoms with Gasteiger partial charge in [0.1, 0.15) is 7.05 Å². The summed E-state index contributed by atoms with van der Waals surface area (Å²) in [4.78, 5) is 0. The molecule has 0 radical (unpaired) electrons. The van der Waals surface area contributed by atoms with Crippen molar-refractivity contribution in [2.75, 3.05) is 0 Å². The topological polar surface area (TPSA) is 3.88 Å². The first kappa shape index (κ1) is 17.3. The van der Waals surface area contributed by atoms with Gasteiger partial charge < -0.3 is 0 Å². The fraction of sp³-hybridized carbons (Fsp3) is 0.400. The van der Waals surface area contributed by atoms with Gasteiger partial charge in [0.05, 0.1) is 12.3 Å². The van der Waals surface area contributed by atoms with Gasteiger partial charge in [-0.2, -0.15) is 4.57 Å². The van der Waals surface area contributed by atoms with Crippen molar-refractivity contribution in [3.63, 3.8) is 0 Å². The van der Waals surface area contributed by atoms with E-state index in [9.17, 15) is 0 Å². The average Bonchev–Trinajstić information content (AvgIpc) is 2.63. The van der Waals surface area contributed by atoms with E-state index in [2.05, 4.69) is 84.3 Å². The van der Waals surface area contributed by atoms with Crippen LogP contribution in [0.3, 0.4) is 0 Å². The van der Waals surface area contributed by atoms with Crippen LogP contribution in [-0.2, 0) is 7.05 Å². The maximum absolute atomic E-state index is 8.77. The number of aryl methyl sites for hydroxylation is 3. The highest BCUT2D eigenvalue weighted by Gasteiger charge is 2.22. The Morgan fingerprint density at radius 1 is 1.00 bits per heavy atom. The van der Waals surface area contributed by atoms with Crippen LogP contribution in [0.5, 0.6) is 0 Å². The predicted octanol–water partition coefficient (Wildman–Crippen LogP) is 6.39. The molecule has 1 heteroatoms. The van der Waals surface area contributed by atoms with E-state index in [0.29, 0.717) is 12.0 Å². The van der Waals surface area contributed by atoms with Gasteiger partial charge >= 0.3 is 0 Å². The lowest BCUT2D eigenvalue weighted by Crippen LogP contribution is -2.35. The molecule has 26 heavy (non-hydrogen) atoms. The van der Waals surface area contributed by atoms with Crippen LogP contribution in [0.4, 0.5) is 0 Å². The van der Waals surface area contributed by atoms with Crippen LogP contribution in [-0.4, -0.2) is 0 Å². The number of hydrogen-bond donors (Lipinski definition) is 0. The molecule has 3 aromatic rings. The summed E-state index contributed by atoms with van der Waals surface area (Å²) in [5.41, 5.74) is 10.1. The van der Waals surface area contributed by atoms with Crippen LogP contribution < -0.4 is 4.57 Å². The lowest BCUT2D eigenvalue weighted by atomic mass is 9.89. The van der Waals surface area contributed by atoms with Crippen LogP contribution in [0, 0.1) is 34.6 Å². The number of nitrogens with zero attached hydrogens (tertiary/aromatic N) is 1. The van der Waals surface area contributed by atoms with Gasteiger partial charge in [0.25, 0.3) is 0 Å². The van der Waals surface area contributed by atoms with Gasteiger partial charge in [0.2, 0.25) is 5.69 Å². The Labute approximate surface area is 160 Å². The highest BCUT2D eigenvalue weighted by molar-refractivity contribution is 5.95. The van der Waals surface area contributed by atoms with E-state index in [1.54, 1.807) is 0 Å². The van der Waals surface area contributed by atoms with Gasteiger partial charge in [-0.05, 0) is 79.8 Å². The van der Waals surface area contributed by atoms with Gasteiger partial charge in [0.15, 0.2) is 5.69 Å². The lowest BCUT2D eigenvalue weighted by Gasteiger charge is -2.17. The molecular weight excluding hydrogens is 314 g/mol. The first-order chi connectivity index (χ1) is 12.7. The van der Waals surface area contributed by atoms with Crippen LogP contribution in [0.1, 0.15) is 61.1 Å². The van der Waals surface area contributed by atoms with E-state index in [1.165, 1.54) is 44.5 Å². The van der Waals surface area contributed by atoms with E-state index in [0.717, 1.165) is 17.5 Å². The first-order valence-corrected chi connectivity index (χ1v) is 9.69. The molecule has 1 atom stereocenters. The van der Waals surface area contributed by atoms with Crippen molar-refractivity contribution in [2.24, 2.45) is 7.05 Å². The van der Waals surface area contributed by atoms with Gasteiger partial charge in [-0.25, -0.2) is 0 Å². The molecule has 0 saturated heterocycles. The Bertz CT molecular complexity index is 1050. The van der Waals surface area contributed by atoms with E-state index in [4.69, 9.17) is 1.37 Å². The molecule has 0 saturated carbocycles. The van der Waals surface area contributed by atoms with Crippen LogP contribution in [0.2, 0.25) is 0 Å². The predicted molar refractivity (Wildman–Crippen MR) is 113 cm³/mol. The smallest absolute Gasteiger partial charge is 0.198 e. The number of rotatable bonds is 3. The fourth-order valence-corrected chi connectivity index (χ4v) is 4.01. The summed E-state index contributed by atoms with van der Waals surface area (Å²) in [5.74, 6) is 0.509. The Kier molecular flexibility index (Phi) is 4.56. The second kappa shape index (κ2) is 6.87. The van der Waals surface area contributed by atoms with Crippen LogP contribution >= 0.6 is 0 Å². The van der Waals surface area contributed by atoms with Crippen molar-refractivity contribution in [3.05, 3.63) is 63.8 Å². The standard InChI is InChI=1S/C25H32N/c1-9-16(3)22-14-21-13-19(6)26(8)25(24(21)12-18(22)5)23-11-15(2)10-17(4)20(23)7/h10-14,16H,9H2,1-8H3/q+1/i13D. The quantitative estimate of drug-likeness (QED) is 0.484. The van der Waals surface area contributed by atoms with E-state index < -0.39 is 0 Å². The molecule has 0 aliphatic rings. The third-order valence-electron chi connectivity index (χ3n) is 6.03. The summed E-state index contributed by atoms with van der Waals surface area (Å²) in [7, 11) is 2.09. The summed E-state index contributed by atoms with van der Waals surface area (Å²) < 4.78 is 11.0. The summed E-state index contributed by atoms with van der Waals surface area (Å²) >= 11 is 0. The van der Waals surface area contributed by atoms with Gasteiger partial charge in [-0.15, -0.1) is 0 Å². The second-order valence-corrected chi connectivity index (χ2v) is 7.94. The molecule has 1 heterocycles. The van der Waals surface area contributed by atoms with Gasteiger partial charge in [0, 0.05) is 13.0 Å². The molecule has 1 aromatic heterocycles. The fourth-order valence-electron chi connectivity index (χ4n) is 4.01. The number of aromatic nitrogens is 1.